The Bertz CT molecular complexity index is 430. The van der Waals surface area contributed by atoms with Crippen LogP contribution in [0.15, 0.2) is 12.1 Å². The van der Waals surface area contributed by atoms with E-state index in [9.17, 15) is 0 Å². The van der Waals surface area contributed by atoms with Crippen LogP contribution in [0, 0.1) is 0 Å². The minimum atomic E-state index is -0.0463. The van der Waals surface area contributed by atoms with Crippen LogP contribution >= 0.6 is 23.2 Å². The van der Waals surface area contributed by atoms with Crippen molar-refractivity contribution in [3.8, 4) is 5.75 Å². The number of halogens is 2. The van der Waals surface area contributed by atoms with Gasteiger partial charge in [0.15, 0.2) is 0 Å². The van der Waals surface area contributed by atoms with Gasteiger partial charge in [-0.25, -0.2) is 0 Å². The van der Waals surface area contributed by atoms with Crippen molar-refractivity contribution < 1.29 is 4.74 Å². The van der Waals surface area contributed by atoms with E-state index in [0.29, 0.717) is 5.88 Å². The lowest BCUT2D eigenvalue weighted by Crippen LogP contribution is -2.43. The molecule has 1 N–H and O–H groups in total. The van der Waals surface area contributed by atoms with Crippen molar-refractivity contribution in [2.45, 2.75) is 38.8 Å². The number of alkyl halides is 1. The van der Waals surface area contributed by atoms with E-state index in [2.05, 4.69) is 19.2 Å². The number of benzene rings is 1. The molecule has 0 amide bonds. The standard InChI is InChI=1S/C14H19Cl2NO/c1-3-14(2,9-15)17-8-11-7-12(16)6-10-4-5-18-13(10)11/h6-7,17H,3-5,8-9H2,1-2H3. The predicted octanol–water partition coefficient (Wildman–Crippen LogP) is 3.77. The van der Waals surface area contributed by atoms with Gasteiger partial charge in [0, 0.05) is 35.0 Å². The molecule has 1 aliphatic heterocycles. The Morgan fingerprint density at radius 1 is 1.44 bits per heavy atom. The molecule has 0 radical (unpaired) electrons. The number of ether oxygens (including phenoxy) is 1. The Morgan fingerprint density at radius 2 is 2.22 bits per heavy atom. The second-order valence-electron chi connectivity index (χ2n) is 5.05. The van der Waals surface area contributed by atoms with Gasteiger partial charge in [0.1, 0.15) is 5.75 Å². The van der Waals surface area contributed by atoms with Crippen molar-refractivity contribution in [1.82, 2.24) is 5.32 Å². The normalized spacial score (nSPS) is 17.1. The Hall–Kier alpha value is -0.440. The first-order valence-electron chi connectivity index (χ1n) is 6.33. The molecular weight excluding hydrogens is 269 g/mol. The highest BCUT2D eigenvalue weighted by molar-refractivity contribution is 6.30. The zero-order chi connectivity index (χ0) is 13.2. The molecular formula is C14H19Cl2NO. The summed E-state index contributed by atoms with van der Waals surface area (Å²) in [4.78, 5) is 0. The van der Waals surface area contributed by atoms with Crippen LogP contribution in [-0.2, 0) is 13.0 Å². The molecule has 1 aliphatic rings. The summed E-state index contributed by atoms with van der Waals surface area (Å²) in [6, 6.07) is 3.97. The monoisotopic (exact) mass is 287 g/mol. The highest BCUT2D eigenvalue weighted by atomic mass is 35.5. The lowest BCUT2D eigenvalue weighted by Gasteiger charge is -2.27. The first kappa shape index (κ1) is 14.0. The molecule has 0 aliphatic carbocycles. The van der Waals surface area contributed by atoms with Gasteiger partial charge >= 0.3 is 0 Å². The Labute approximate surface area is 119 Å². The number of rotatable bonds is 5. The molecule has 2 rings (SSSR count). The fraction of sp³-hybridized carbons (Fsp3) is 0.571. The molecule has 1 aromatic carbocycles. The van der Waals surface area contributed by atoms with Crippen molar-refractivity contribution in [1.29, 1.82) is 0 Å². The van der Waals surface area contributed by atoms with E-state index >= 15 is 0 Å². The summed E-state index contributed by atoms with van der Waals surface area (Å²) in [6.07, 6.45) is 1.93. The zero-order valence-electron chi connectivity index (χ0n) is 10.9. The number of nitrogens with one attached hydrogen (secondary N) is 1. The Balaban J connectivity index is 2.15. The average molecular weight is 288 g/mol. The van der Waals surface area contributed by atoms with Crippen molar-refractivity contribution in [2.75, 3.05) is 12.5 Å². The van der Waals surface area contributed by atoms with Crippen LogP contribution in [0.5, 0.6) is 5.75 Å². The minimum absolute atomic E-state index is 0.0463. The fourth-order valence-corrected chi connectivity index (χ4v) is 2.60. The molecule has 0 saturated heterocycles. The molecule has 1 heterocycles. The van der Waals surface area contributed by atoms with Gasteiger partial charge in [0.2, 0.25) is 0 Å². The first-order valence-corrected chi connectivity index (χ1v) is 7.24. The van der Waals surface area contributed by atoms with E-state index in [1.54, 1.807) is 0 Å². The van der Waals surface area contributed by atoms with Gasteiger partial charge in [-0.3, -0.25) is 0 Å². The van der Waals surface area contributed by atoms with Gasteiger partial charge in [-0.15, -0.1) is 11.6 Å². The summed E-state index contributed by atoms with van der Waals surface area (Å²) in [5.41, 5.74) is 2.29. The Kier molecular flexibility index (Phi) is 4.41. The maximum Gasteiger partial charge on any atom is 0.127 e. The Morgan fingerprint density at radius 3 is 2.89 bits per heavy atom. The maximum absolute atomic E-state index is 6.14. The van der Waals surface area contributed by atoms with Crippen molar-refractivity contribution in [3.63, 3.8) is 0 Å². The third-order valence-corrected chi connectivity index (χ3v) is 4.41. The largest absolute Gasteiger partial charge is 0.493 e. The van der Waals surface area contributed by atoms with Crippen LogP contribution in [0.1, 0.15) is 31.4 Å². The van der Waals surface area contributed by atoms with Crippen LogP contribution in [0.3, 0.4) is 0 Å². The summed E-state index contributed by atoms with van der Waals surface area (Å²) in [6.45, 7) is 5.75. The number of hydrogen-bond donors (Lipinski definition) is 1. The quantitative estimate of drug-likeness (QED) is 0.833. The van der Waals surface area contributed by atoms with Crippen molar-refractivity contribution in [2.24, 2.45) is 0 Å². The topological polar surface area (TPSA) is 21.3 Å². The van der Waals surface area contributed by atoms with Gasteiger partial charge in [0.05, 0.1) is 6.61 Å². The average Bonchev–Trinajstić information content (AvgIpc) is 2.83. The summed E-state index contributed by atoms with van der Waals surface area (Å²) in [5.74, 6) is 1.59. The summed E-state index contributed by atoms with van der Waals surface area (Å²) in [5, 5.41) is 4.28. The molecule has 0 aromatic heterocycles. The van der Waals surface area contributed by atoms with E-state index in [0.717, 1.165) is 42.3 Å². The lowest BCUT2D eigenvalue weighted by atomic mass is 10.0. The maximum atomic E-state index is 6.14. The SMILES string of the molecule is CCC(C)(CCl)NCc1cc(Cl)cc2c1OCC2. The molecule has 18 heavy (non-hydrogen) atoms. The highest BCUT2D eigenvalue weighted by Crippen LogP contribution is 2.33. The molecule has 1 aromatic rings. The van der Waals surface area contributed by atoms with Crippen LogP contribution < -0.4 is 10.1 Å². The molecule has 1 atom stereocenters. The highest BCUT2D eigenvalue weighted by Gasteiger charge is 2.22. The zero-order valence-corrected chi connectivity index (χ0v) is 12.4. The van der Waals surface area contributed by atoms with Crippen LogP contribution in [0.4, 0.5) is 0 Å². The van der Waals surface area contributed by atoms with Crippen LogP contribution in [0.25, 0.3) is 0 Å². The van der Waals surface area contributed by atoms with Gasteiger partial charge in [-0.2, -0.15) is 0 Å². The van der Waals surface area contributed by atoms with Crippen molar-refractivity contribution in [3.05, 3.63) is 28.3 Å². The smallest absolute Gasteiger partial charge is 0.127 e. The molecule has 1 unspecified atom stereocenters. The first-order chi connectivity index (χ1) is 8.58. The fourth-order valence-electron chi connectivity index (χ4n) is 2.05. The van der Waals surface area contributed by atoms with Crippen LogP contribution in [0.2, 0.25) is 5.02 Å². The number of fused-ring (bicyclic) bond motifs is 1. The lowest BCUT2D eigenvalue weighted by molar-refractivity contribution is 0.343. The molecule has 0 bridgehead atoms. The van der Waals surface area contributed by atoms with E-state index in [1.165, 1.54) is 5.56 Å². The number of hydrogen-bond acceptors (Lipinski definition) is 2. The second kappa shape index (κ2) is 5.68. The van der Waals surface area contributed by atoms with Crippen molar-refractivity contribution >= 4 is 23.2 Å². The van der Waals surface area contributed by atoms with E-state index < -0.39 is 0 Å². The summed E-state index contributed by atoms with van der Waals surface area (Å²) < 4.78 is 5.69. The van der Waals surface area contributed by atoms with Crippen LogP contribution in [-0.4, -0.2) is 18.0 Å². The molecule has 0 fully saturated rings. The summed E-state index contributed by atoms with van der Waals surface area (Å²) in [7, 11) is 0. The molecule has 4 heteroatoms. The molecule has 2 nitrogen and oxygen atoms in total. The summed E-state index contributed by atoms with van der Waals surface area (Å²) >= 11 is 12.1. The van der Waals surface area contributed by atoms with E-state index in [4.69, 9.17) is 27.9 Å². The third kappa shape index (κ3) is 2.93. The molecule has 0 saturated carbocycles. The molecule has 0 spiro atoms. The van der Waals surface area contributed by atoms with Gasteiger partial charge in [-0.05, 0) is 31.0 Å². The predicted molar refractivity (Wildman–Crippen MR) is 76.9 cm³/mol. The molecule has 100 valence electrons. The van der Waals surface area contributed by atoms with E-state index in [-0.39, 0.29) is 5.54 Å². The van der Waals surface area contributed by atoms with Gasteiger partial charge in [0.25, 0.3) is 0 Å². The second-order valence-corrected chi connectivity index (χ2v) is 5.76. The van der Waals surface area contributed by atoms with Gasteiger partial charge in [-0.1, -0.05) is 18.5 Å². The third-order valence-electron chi connectivity index (χ3n) is 3.61. The van der Waals surface area contributed by atoms with Gasteiger partial charge < -0.3 is 10.1 Å². The minimum Gasteiger partial charge on any atom is -0.493 e. The van der Waals surface area contributed by atoms with E-state index in [1.807, 2.05) is 12.1 Å².